The Hall–Kier alpha value is -0.820. The molecule has 0 aliphatic heterocycles. The highest BCUT2D eigenvalue weighted by molar-refractivity contribution is 6.34. The lowest BCUT2D eigenvalue weighted by atomic mass is 9.89. The smallest absolute Gasteiger partial charge is 0.167 e. The number of Topliss-reactive ketones (excluding diaryl/α,β-unsaturated/α-hetero) is 1. The molecule has 1 aromatic carbocycles. The van der Waals surface area contributed by atoms with Gasteiger partial charge in [0.25, 0.3) is 0 Å². The van der Waals surface area contributed by atoms with Crippen molar-refractivity contribution in [2.24, 2.45) is 5.92 Å². The molecule has 0 unspecified atom stereocenters. The molecule has 0 heterocycles. The van der Waals surface area contributed by atoms with Crippen LogP contribution in [0.25, 0.3) is 0 Å². The molecule has 94 valence electrons. The Labute approximate surface area is 109 Å². The second kappa shape index (κ2) is 6.80. The molecule has 0 amide bonds. The van der Waals surface area contributed by atoms with Gasteiger partial charge in [-0.1, -0.05) is 50.4 Å². The van der Waals surface area contributed by atoms with Crippen LogP contribution in [-0.2, 0) is 0 Å². The molecule has 1 rings (SSSR count). The first kappa shape index (κ1) is 14.2. The van der Waals surface area contributed by atoms with E-state index in [1.165, 1.54) is 0 Å². The van der Waals surface area contributed by atoms with Crippen LogP contribution in [0.4, 0.5) is 0 Å². The fraction of sp³-hybridized carbons (Fsp3) is 0.533. The molecule has 1 nitrogen and oxygen atoms in total. The third-order valence-electron chi connectivity index (χ3n) is 3.10. The third kappa shape index (κ3) is 3.57. The molecule has 0 aliphatic rings. The zero-order valence-corrected chi connectivity index (χ0v) is 11.7. The van der Waals surface area contributed by atoms with E-state index in [4.69, 9.17) is 11.6 Å². The number of halogens is 1. The van der Waals surface area contributed by atoms with Gasteiger partial charge >= 0.3 is 0 Å². The fourth-order valence-electron chi connectivity index (χ4n) is 2.16. The van der Waals surface area contributed by atoms with Gasteiger partial charge in [0.15, 0.2) is 5.78 Å². The first-order valence-electron chi connectivity index (χ1n) is 6.41. The van der Waals surface area contributed by atoms with Gasteiger partial charge in [-0.05, 0) is 31.4 Å². The van der Waals surface area contributed by atoms with Crippen molar-refractivity contribution in [1.82, 2.24) is 0 Å². The Morgan fingerprint density at radius 2 is 1.82 bits per heavy atom. The predicted octanol–water partition coefficient (Wildman–Crippen LogP) is 5.05. The highest BCUT2D eigenvalue weighted by atomic mass is 35.5. The zero-order chi connectivity index (χ0) is 12.8. The lowest BCUT2D eigenvalue weighted by molar-refractivity contribution is 0.0905. The topological polar surface area (TPSA) is 17.1 Å². The van der Waals surface area contributed by atoms with Crippen molar-refractivity contribution in [1.29, 1.82) is 0 Å². The molecule has 2 heteroatoms. The molecule has 17 heavy (non-hydrogen) atoms. The van der Waals surface area contributed by atoms with Crippen LogP contribution >= 0.6 is 11.6 Å². The van der Waals surface area contributed by atoms with Crippen LogP contribution in [0.3, 0.4) is 0 Å². The molecule has 0 N–H and O–H groups in total. The predicted molar refractivity (Wildman–Crippen MR) is 73.8 cm³/mol. The van der Waals surface area contributed by atoms with Crippen molar-refractivity contribution in [3.05, 3.63) is 34.3 Å². The summed E-state index contributed by atoms with van der Waals surface area (Å²) >= 11 is 6.21. The number of carbonyl (C=O) groups is 1. The Morgan fingerprint density at radius 1 is 1.24 bits per heavy atom. The fourth-order valence-corrected chi connectivity index (χ4v) is 2.38. The second-order valence-corrected chi connectivity index (χ2v) is 4.95. The van der Waals surface area contributed by atoms with E-state index in [1.807, 2.05) is 25.1 Å². The largest absolute Gasteiger partial charge is 0.294 e. The van der Waals surface area contributed by atoms with Crippen molar-refractivity contribution in [3.8, 4) is 0 Å². The summed E-state index contributed by atoms with van der Waals surface area (Å²) in [6.07, 6.45) is 3.99. The van der Waals surface area contributed by atoms with E-state index in [0.717, 1.165) is 31.2 Å². The molecule has 0 aromatic heterocycles. The number of rotatable bonds is 6. The average Bonchev–Trinajstić information content (AvgIpc) is 2.31. The molecule has 0 radical (unpaired) electrons. The van der Waals surface area contributed by atoms with Crippen LogP contribution in [0.5, 0.6) is 0 Å². The molecule has 0 spiro atoms. The van der Waals surface area contributed by atoms with Crippen molar-refractivity contribution in [3.63, 3.8) is 0 Å². The van der Waals surface area contributed by atoms with Gasteiger partial charge in [0.05, 0.1) is 5.02 Å². The van der Waals surface area contributed by atoms with Crippen molar-refractivity contribution < 1.29 is 4.79 Å². The third-order valence-corrected chi connectivity index (χ3v) is 3.60. The van der Waals surface area contributed by atoms with E-state index in [0.29, 0.717) is 10.6 Å². The van der Waals surface area contributed by atoms with Gasteiger partial charge in [-0.2, -0.15) is 0 Å². The van der Waals surface area contributed by atoms with Gasteiger partial charge in [-0.15, -0.1) is 0 Å². The number of ketones is 1. The molecular formula is C15H21ClO. The van der Waals surface area contributed by atoms with Gasteiger partial charge in [-0.3, -0.25) is 4.79 Å². The summed E-state index contributed by atoms with van der Waals surface area (Å²) in [5.41, 5.74) is 1.67. The Morgan fingerprint density at radius 3 is 2.35 bits per heavy atom. The minimum Gasteiger partial charge on any atom is -0.294 e. The van der Waals surface area contributed by atoms with E-state index < -0.39 is 0 Å². The molecule has 1 aromatic rings. The summed E-state index contributed by atoms with van der Waals surface area (Å²) in [7, 11) is 0. The second-order valence-electron chi connectivity index (χ2n) is 4.57. The van der Waals surface area contributed by atoms with Gasteiger partial charge in [0, 0.05) is 11.5 Å². The van der Waals surface area contributed by atoms with Gasteiger partial charge < -0.3 is 0 Å². The first-order chi connectivity index (χ1) is 8.11. The number of hydrogen-bond donors (Lipinski definition) is 0. The Balaban J connectivity index is 2.96. The Kier molecular flexibility index (Phi) is 5.70. The maximum Gasteiger partial charge on any atom is 0.167 e. The number of carbonyl (C=O) groups excluding carboxylic acids is 1. The summed E-state index contributed by atoms with van der Waals surface area (Å²) in [6, 6.07) is 5.69. The zero-order valence-electron chi connectivity index (χ0n) is 10.9. The van der Waals surface area contributed by atoms with Crippen molar-refractivity contribution in [2.45, 2.75) is 46.5 Å². The van der Waals surface area contributed by atoms with Crippen molar-refractivity contribution >= 4 is 17.4 Å². The van der Waals surface area contributed by atoms with E-state index in [9.17, 15) is 4.79 Å². The highest BCUT2D eigenvalue weighted by Crippen LogP contribution is 2.26. The molecule has 0 atom stereocenters. The van der Waals surface area contributed by atoms with Crippen LogP contribution in [0.2, 0.25) is 5.02 Å². The lowest BCUT2D eigenvalue weighted by Gasteiger charge is -2.15. The summed E-state index contributed by atoms with van der Waals surface area (Å²) in [5, 5.41) is 0.620. The number of hydrogen-bond acceptors (Lipinski definition) is 1. The van der Waals surface area contributed by atoms with Gasteiger partial charge in [0.1, 0.15) is 0 Å². The van der Waals surface area contributed by atoms with Crippen molar-refractivity contribution in [2.75, 3.05) is 0 Å². The SMILES string of the molecule is CCCC(CCC)C(=O)c1cccc(C)c1Cl. The van der Waals surface area contributed by atoms with Gasteiger partial charge in [0.2, 0.25) is 0 Å². The summed E-state index contributed by atoms with van der Waals surface area (Å²) in [4.78, 5) is 12.4. The highest BCUT2D eigenvalue weighted by Gasteiger charge is 2.20. The van der Waals surface area contributed by atoms with Crippen LogP contribution in [0.1, 0.15) is 55.5 Å². The monoisotopic (exact) mass is 252 g/mol. The lowest BCUT2D eigenvalue weighted by Crippen LogP contribution is -2.15. The van der Waals surface area contributed by atoms with E-state index in [2.05, 4.69) is 13.8 Å². The van der Waals surface area contributed by atoms with Crippen LogP contribution in [0, 0.1) is 12.8 Å². The number of aryl methyl sites for hydroxylation is 1. The molecule has 0 saturated heterocycles. The van der Waals surface area contributed by atoms with Crippen LogP contribution in [-0.4, -0.2) is 5.78 Å². The van der Waals surface area contributed by atoms with Crippen LogP contribution < -0.4 is 0 Å². The number of benzene rings is 1. The summed E-state index contributed by atoms with van der Waals surface area (Å²) < 4.78 is 0. The van der Waals surface area contributed by atoms with E-state index in [1.54, 1.807) is 0 Å². The maximum atomic E-state index is 12.4. The molecule has 0 fully saturated rings. The molecule has 0 bridgehead atoms. The molecule has 0 aliphatic carbocycles. The average molecular weight is 253 g/mol. The summed E-state index contributed by atoms with van der Waals surface area (Å²) in [6.45, 7) is 6.18. The standard InChI is InChI=1S/C15H21ClO/c1-4-7-12(8-5-2)15(17)13-10-6-9-11(3)14(13)16/h6,9-10,12H,4-5,7-8H2,1-3H3. The molecular weight excluding hydrogens is 232 g/mol. The van der Waals surface area contributed by atoms with E-state index >= 15 is 0 Å². The quantitative estimate of drug-likeness (QED) is 0.648. The van der Waals surface area contributed by atoms with Gasteiger partial charge in [-0.25, -0.2) is 0 Å². The maximum absolute atomic E-state index is 12.4. The normalized spacial score (nSPS) is 10.9. The van der Waals surface area contributed by atoms with Crippen LogP contribution in [0.15, 0.2) is 18.2 Å². The Bertz CT molecular complexity index is 379. The summed E-state index contributed by atoms with van der Waals surface area (Å²) in [5.74, 6) is 0.340. The minimum absolute atomic E-state index is 0.129. The van der Waals surface area contributed by atoms with E-state index in [-0.39, 0.29) is 11.7 Å². The molecule has 0 saturated carbocycles. The minimum atomic E-state index is 0.129. The first-order valence-corrected chi connectivity index (χ1v) is 6.78.